The third-order valence-electron chi connectivity index (χ3n) is 2.82. The maximum Gasteiger partial charge on any atom is 0.251 e. The second-order valence-corrected chi connectivity index (χ2v) is 4.27. The van der Waals surface area contributed by atoms with Crippen LogP contribution in [0, 0.1) is 0 Å². The molecule has 3 nitrogen and oxygen atoms in total. The monoisotopic (exact) mass is 253 g/mol. The van der Waals surface area contributed by atoms with E-state index in [0.717, 1.165) is 11.8 Å². The Kier molecular flexibility index (Phi) is 4.45. The van der Waals surface area contributed by atoms with Crippen LogP contribution in [0.5, 0.6) is 0 Å². The van der Waals surface area contributed by atoms with Crippen LogP contribution in [-0.2, 0) is 11.2 Å². The van der Waals surface area contributed by atoms with E-state index in [-0.39, 0.29) is 5.91 Å². The molecule has 0 aliphatic heterocycles. The molecule has 19 heavy (non-hydrogen) atoms. The van der Waals surface area contributed by atoms with Crippen LogP contribution in [-0.4, -0.2) is 18.2 Å². The van der Waals surface area contributed by atoms with Crippen LogP contribution >= 0.6 is 0 Å². The zero-order chi connectivity index (χ0) is 13.5. The molecule has 3 heteroatoms. The van der Waals surface area contributed by atoms with Crippen LogP contribution < -0.4 is 5.32 Å². The van der Waals surface area contributed by atoms with Gasteiger partial charge in [-0.1, -0.05) is 48.5 Å². The molecule has 0 heterocycles. The van der Waals surface area contributed by atoms with Gasteiger partial charge in [0.1, 0.15) is 6.29 Å². The number of amides is 1. The summed E-state index contributed by atoms with van der Waals surface area (Å²) in [4.78, 5) is 23.0. The zero-order valence-corrected chi connectivity index (χ0v) is 10.5. The van der Waals surface area contributed by atoms with Gasteiger partial charge < -0.3 is 10.1 Å². The van der Waals surface area contributed by atoms with Gasteiger partial charge in [0, 0.05) is 5.56 Å². The van der Waals surface area contributed by atoms with Gasteiger partial charge in [-0.2, -0.15) is 0 Å². The molecular weight excluding hydrogens is 238 g/mol. The Labute approximate surface area is 112 Å². The number of carbonyl (C=O) groups excluding carboxylic acids is 2. The second kappa shape index (κ2) is 6.50. The summed E-state index contributed by atoms with van der Waals surface area (Å²) < 4.78 is 0. The minimum absolute atomic E-state index is 0.228. The normalized spacial score (nSPS) is 11.6. The minimum Gasteiger partial charge on any atom is -0.342 e. The van der Waals surface area contributed by atoms with Gasteiger partial charge in [-0.25, -0.2) is 0 Å². The Bertz CT molecular complexity index is 537. The summed E-state index contributed by atoms with van der Waals surface area (Å²) in [6, 6.07) is 18.0. The highest BCUT2D eigenvalue weighted by atomic mass is 16.2. The van der Waals surface area contributed by atoms with Gasteiger partial charge in [-0.15, -0.1) is 0 Å². The lowest BCUT2D eigenvalue weighted by Gasteiger charge is -2.12. The number of hydrogen-bond donors (Lipinski definition) is 1. The Hall–Kier alpha value is -2.42. The largest absolute Gasteiger partial charge is 0.342 e. The number of carbonyl (C=O) groups is 2. The van der Waals surface area contributed by atoms with Crippen LogP contribution in [0.25, 0.3) is 0 Å². The molecule has 0 fully saturated rings. The quantitative estimate of drug-likeness (QED) is 0.830. The van der Waals surface area contributed by atoms with E-state index in [1.807, 2.05) is 36.4 Å². The third kappa shape index (κ3) is 3.78. The Morgan fingerprint density at radius 3 is 2.16 bits per heavy atom. The van der Waals surface area contributed by atoms with Crippen LogP contribution in [0.15, 0.2) is 60.7 Å². The lowest BCUT2D eigenvalue weighted by molar-refractivity contribution is -0.109. The van der Waals surface area contributed by atoms with Crippen molar-refractivity contribution in [2.45, 2.75) is 12.5 Å². The molecule has 0 saturated carbocycles. The first-order chi connectivity index (χ1) is 9.29. The van der Waals surface area contributed by atoms with Gasteiger partial charge in [-0.05, 0) is 24.1 Å². The molecule has 1 atom stereocenters. The highest BCUT2D eigenvalue weighted by molar-refractivity contribution is 5.95. The average Bonchev–Trinajstić information content (AvgIpc) is 2.48. The van der Waals surface area contributed by atoms with E-state index < -0.39 is 6.04 Å². The highest BCUT2D eigenvalue weighted by Gasteiger charge is 2.13. The number of benzene rings is 2. The topological polar surface area (TPSA) is 46.2 Å². The van der Waals surface area contributed by atoms with E-state index in [2.05, 4.69) is 5.32 Å². The minimum atomic E-state index is -0.505. The summed E-state index contributed by atoms with van der Waals surface area (Å²) in [6.07, 6.45) is 1.27. The van der Waals surface area contributed by atoms with Crippen molar-refractivity contribution in [2.24, 2.45) is 0 Å². The van der Waals surface area contributed by atoms with Crippen molar-refractivity contribution in [3.8, 4) is 0 Å². The Morgan fingerprint density at radius 1 is 1.00 bits per heavy atom. The fourth-order valence-corrected chi connectivity index (χ4v) is 1.84. The molecule has 1 amide bonds. The van der Waals surface area contributed by atoms with Gasteiger partial charge in [-0.3, -0.25) is 4.79 Å². The molecule has 0 aliphatic rings. The molecular formula is C16H15NO2. The van der Waals surface area contributed by atoms with Crippen LogP contribution in [0.4, 0.5) is 0 Å². The van der Waals surface area contributed by atoms with E-state index in [1.54, 1.807) is 24.3 Å². The molecule has 2 aromatic rings. The maximum absolute atomic E-state index is 11.9. The molecule has 2 rings (SSSR count). The molecule has 2 aromatic carbocycles. The molecule has 0 aliphatic carbocycles. The summed E-state index contributed by atoms with van der Waals surface area (Å²) in [7, 11) is 0. The predicted molar refractivity (Wildman–Crippen MR) is 73.9 cm³/mol. The van der Waals surface area contributed by atoms with E-state index in [9.17, 15) is 9.59 Å². The van der Waals surface area contributed by atoms with Gasteiger partial charge >= 0.3 is 0 Å². The van der Waals surface area contributed by atoms with Crippen LogP contribution in [0.2, 0.25) is 0 Å². The van der Waals surface area contributed by atoms with E-state index >= 15 is 0 Å². The first-order valence-electron chi connectivity index (χ1n) is 6.15. The maximum atomic E-state index is 11.9. The van der Waals surface area contributed by atoms with Crippen LogP contribution in [0.1, 0.15) is 15.9 Å². The molecule has 0 aromatic heterocycles. The summed E-state index contributed by atoms with van der Waals surface area (Å²) in [6.45, 7) is 0. The number of aldehydes is 1. The van der Waals surface area contributed by atoms with E-state index in [1.165, 1.54) is 0 Å². The van der Waals surface area contributed by atoms with Crippen molar-refractivity contribution in [3.05, 3.63) is 71.8 Å². The average molecular weight is 253 g/mol. The summed E-state index contributed by atoms with van der Waals surface area (Å²) in [5.41, 5.74) is 1.58. The van der Waals surface area contributed by atoms with Gasteiger partial charge in [0.2, 0.25) is 0 Å². The molecule has 0 saturated heterocycles. The van der Waals surface area contributed by atoms with Crippen LogP contribution in [0.3, 0.4) is 0 Å². The zero-order valence-electron chi connectivity index (χ0n) is 10.5. The summed E-state index contributed by atoms with van der Waals surface area (Å²) in [5, 5.41) is 2.72. The van der Waals surface area contributed by atoms with Crippen molar-refractivity contribution in [1.82, 2.24) is 5.32 Å². The lowest BCUT2D eigenvalue weighted by Crippen LogP contribution is -2.37. The van der Waals surface area contributed by atoms with Gasteiger partial charge in [0.25, 0.3) is 5.91 Å². The molecule has 0 spiro atoms. The molecule has 96 valence electrons. The standard InChI is InChI=1S/C16H15NO2/c18-12-15(11-13-7-3-1-4-8-13)17-16(19)14-9-5-2-6-10-14/h1-10,12,15H,11H2,(H,17,19)/t15-/m0/s1. The first kappa shape index (κ1) is 13.0. The Balaban J connectivity index is 2.00. The number of hydrogen-bond acceptors (Lipinski definition) is 2. The molecule has 0 radical (unpaired) electrons. The summed E-state index contributed by atoms with van der Waals surface area (Å²) in [5.74, 6) is -0.228. The third-order valence-corrected chi connectivity index (χ3v) is 2.82. The predicted octanol–water partition coefficient (Wildman–Crippen LogP) is 2.23. The summed E-state index contributed by atoms with van der Waals surface area (Å²) >= 11 is 0. The van der Waals surface area contributed by atoms with E-state index in [4.69, 9.17) is 0 Å². The number of nitrogens with one attached hydrogen (secondary N) is 1. The SMILES string of the molecule is O=C[C@H](Cc1ccccc1)NC(=O)c1ccccc1. The lowest BCUT2D eigenvalue weighted by atomic mass is 10.1. The van der Waals surface area contributed by atoms with Crippen molar-refractivity contribution in [3.63, 3.8) is 0 Å². The fourth-order valence-electron chi connectivity index (χ4n) is 1.84. The van der Waals surface area contributed by atoms with Crippen molar-refractivity contribution >= 4 is 12.2 Å². The van der Waals surface area contributed by atoms with Crippen molar-refractivity contribution in [1.29, 1.82) is 0 Å². The van der Waals surface area contributed by atoms with Gasteiger partial charge in [0.15, 0.2) is 0 Å². The molecule has 0 unspecified atom stereocenters. The van der Waals surface area contributed by atoms with E-state index in [0.29, 0.717) is 12.0 Å². The first-order valence-corrected chi connectivity index (χ1v) is 6.15. The van der Waals surface area contributed by atoms with Gasteiger partial charge in [0.05, 0.1) is 6.04 Å². The second-order valence-electron chi connectivity index (χ2n) is 4.27. The number of rotatable bonds is 5. The smallest absolute Gasteiger partial charge is 0.251 e. The Morgan fingerprint density at radius 2 is 1.58 bits per heavy atom. The van der Waals surface area contributed by atoms with Crippen molar-refractivity contribution in [2.75, 3.05) is 0 Å². The highest BCUT2D eigenvalue weighted by Crippen LogP contribution is 2.04. The molecule has 0 bridgehead atoms. The molecule has 1 N–H and O–H groups in total. The van der Waals surface area contributed by atoms with Crippen molar-refractivity contribution < 1.29 is 9.59 Å². The fraction of sp³-hybridized carbons (Fsp3) is 0.125.